The molecule has 1 aliphatic heterocycles. The first-order valence-electron chi connectivity index (χ1n) is 9.51. The number of aromatic amines is 1. The van der Waals surface area contributed by atoms with Gasteiger partial charge in [-0.1, -0.05) is 23.7 Å². The van der Waals surface area contributed by atoms with Crippen LogP contribution in [0.2, 0.25) is 0 Å². The second kappa shape index (κ2) is 7.56. The predicted octanol–water partition coefficient (Wildman–Crippen LogP) is 4.42. The van der Waals surface area contributed by atoms with Crippen molar-refractivity contribution in [3.63, 3.8) is 0 Å². The van der Waals surface area contributed by atoms with Gasteiger partial charge in [0.05, 0.1) is 36.3 Å². The van der Waals surface area contributed by atoms with Crippen molar-refractivity contribution >= 4 is 0 Å². The molecule has 2 aromatic heterocycles. The maximum atomic E-state index is 5.61. The predicted molar refractivity (Wildman–Crippen MR) is 104 cm³/mol. The number of methoxy groups -OCH3 is 1. The second-order valence-corrected chi connectivity index (χ2v) is 7.25. The van der Waals surface area contributed by atoms with Crippen molar-refractivity contribution in [1.82, 2.24) is 20.3 Å². The average molecular weight is 366 g/mol. The smallest absolute Gasteiger partial charge is 0.173 e. The molecule has 1 aromatic carbocycles. The maximum absolute atomic E-state index is 5.61. The minimum atomic E-state index is 0.295. The van der Waals surface area contributed by atoms with E-state index in [2.05, 4.69) is 32.4 Å². The zero-order valence-electron chi connectivity index (χ0n) is 16.2. The number of nitrogens with one attached hydrogen (secondary N) is 1. The highest BCUT2D eigenvalue weighted by atomic mass is 16.5. The first-order chi connectivity index (χ1) is 13.2. The van der Waals surface area contributed by atoms with E-state index >= 15 is 0 Å². The van der Waals surface area contributed by atoms with Crippen LogP contribution in [0.25, 0.3) is 11.3 Å². The number of benzene rings is 1. The van der Waals surface area contributed by atoms with Gasteiger partial charge in [-0.25, -0.2) is 0 Å². The molecular weight excluding hydrogens is 340 g/mol. The van der Waals surface area contributed by atoms with E-state index in [1.807, 2.05) is 32.2 Å². The summed E-state index contributed by atoms with van der Waals surface area (Å²) in [5.74, 6) is 1.71. The first-order valence-corrected chi connectivity index (χ1v) is 9.51. The minimum absolute atomic E-state index is 0.295. The Morgan fingerprint density at radius 3 is 2.74 bits per heavy atom. The molecule has 0 aliphatic carbocycles. The van der Waals surface area contributed by atoms with E-state index in [-0.39, 0.29) is 0 Å². The Kier molecular flexibility index (Phi) is 4.99. The van der Waals surface area contributed by atoms with Crippen molar-refractivity contribution < 1.29 is 9.26 Å². The molecule has 0 radical (unpaired) electrons. The third-order valence-electron chi connectivity index (χ3n) is 5.56. The van der Waals surface area contributed by atoms with Gasteiger partial charge in [-0.15, -0.1) is 0 Å². The lowest BCUT2D eigenvalue weighted by Crippen LogP contribution is -2.33. The number of hydrogen-bond acceptors (Lipinski definition) is 5. The zero-order valence-corrected chi connectivity index (χ0v) is 16.2. The molecule has 142 valence electrons. The van der Waals surface area contributed by atoms with Crippen LogP contribution in [0.3, 0.4) is 0 Å². The Labute approximate surface area is 159 Å². The Balaban J connectivity index is 1.61. The van der Waals surface area contributed by atoms with E-state index in [0.29, 0.717) is 6.04 Å². The fourth-order valence-corrected chi connectivity index (χ4v) is 3.87. The lowest BCUT2D eigenvalue weighted by atomic mass is 9.95. The van der Waals surface area contributed by atoms with Crippen molar-refractivity contribution in [3.8, 4) is 17.1 Å². The van der Waals surface area contributed by atoms with E-state index in [9.17, 15) is 0 Å². The summed E-state index contributed by atoms with van der Waals surface area (Å²) in [6, 6.07) is 8.63. The number of likely N-dealkylation sites (tertiary alicyclic amines) is 1. The van der Waals surface area contributed by atoms with Gasteiger partial charge < -0.3 is 9.26 Å². The van der Waals surface area contributed by atoms with Crippen molar-refractivity contribution in [2.75, 3.05) is 13.7 Å². The summed E-state index contributed by atoms with van der Waals surface area (Å²) in [7, 11) is 1.70. The number of aryl methyl sites for hydroxylation is 1. The highest BCUT2D eigenvalue weighted by molar-refractivity contribution is 5.64. The Morgan fingerprint density at radius 1 is 1.22 bits per heavy atom. The van der Waals surface area contributed by atoms with Crippen LogP contribution >= 0.6 is 0 Å². The number of H-pyrrole nitrogens is 1. The molecule has 1 N–H and O–H groups in total. The third-order valence-corrected chi connectivity index (χ3v) is 5.56. The highest BCUT2D eigenvalue weighted by Crippen LogP contribution is 2.37. The van der Waals surface area contributed by atoms with Gasteiger partial charge >= 0.3 is 0 Å². The van der Waals surface area contributed by atoms with Gasteiger partial charge in [-0.3, -0.25) is 10.00 Å². The largest absolute Gasteiger partial charge is 0.497 e. The Morgan fingerprint density at radius 2 is 2.04 bits per heavy atom. The minimum Gasteiger partial charge on any atom is -0.497 e. The molecule has 3 aromatic rings. The summed E-state index contributed by atoms with van der Waals surface area (Å²) in [6.07, 6.45) is 5.41. The summed E-state index contributed by atoms with van der Waals surface area (Å²) in [5, 5.41) is 11.7. The second-order valence-electron chi connectivity index (χ2n) is 7.25. The molecule has 6 nitrogen and oxygen atoms in total. The van der Waals surface area contributed by atoms with Crippen molar-refractivity contribution in [2.24, 2.45) is 0 Å². The van der Waals surface area contributed by atoms with Gasteiger partial charge in [0, 0.05) is 12.1 Å². The van der Waals surface area contributed by atoms with E-state index in [0.717, 1.165) is 53.5 Å². The molecule has 0 amide bonds. The monoisotopic (exact) mass is 366 g/mol. The van der Waals surface area contributed by atoms with Crippen LogP contribution in [0.5, 0.6) is 5.75 Å². The van der Waals surface area contributed by atoms with Crippen LogP contribution in [0.1, 0.15) is 47.8 Å². The average Bonchev–Trinajstić information content (AvgIpc) is 3.30. The fourth-order valence-electron chi connectivity index (χ4n) is 3.87. The first kappa shape index (κ1) is 17.8. The summed E-state index contributed by atoms with van der Waals surface area (Å²) in [5.41, 5.74) is 5.45. The number of piperidine rings is 1. The Bertz CT molecular complexity index is 897. The molecule has 4 rings (SSSR count). The molecule has 0 saturated carbocycles. The molecule has 6 heteroatoms. The summed E-state index contributed by atoms with van der Waals surface area (Å²) >= 11 is 0. The molecule has 1 saturated heterocycles. The normalized spacial score (nSPS) is 18.0. The molecular formula is C21H26N4O2. The highest BCUT2D eigenvalue weighted by Gasteiger charge is 2.29. The van der Waals surface area contributed by atoms with E-state index in [1.54, 1.807) is 7.11 Å². The molecule has 3 heterocycles. The van der Waals surface area contributed by atoms with Crippen molar-refractivity contribution in [2.45, 2.75) is 45.7 Å². The maximum Gasteiger partial charge on any atom is 0.173 e. The fraction of sp³-hybridized carbons (Fsp3) is 0.429. The van der Waals surface area contributed by atoms with Crippen LogP contribution in [0.15, 0.2) is 35.0 Å². The quantitative estimate of drug-likeness (QED) is 0.724. The standard InChI is InChI=1S/C21H26N4O2/c1-14-15(2)24-27-21(14)18-12-22-23-20(18)19-6-4-5-11-25(19)13-16-7-9-17(26-3)10-8-16/h7-10,12,19H,4-6,11,13H2,1-3H3,(H,22,23). The molecule has 1 unspecified atom stereocenters. The van der Waals surface area contributed by atoms with Gasteiger partial charge in [0.2, 0.25) is 0 Å². The van der Waals surface area contributed by atoms with Gasteiger partial charge in [0.1, 0.15) is 5.75 Å². The van der Waals surface area contributed by atoms with Crippen LogP contribution in [-0.4, -0.2) is 33.9 Å². The van der Waals surface area contributed by atoms with E-state index < -0.39 is 0 Å². The number of rotatable bonds is 5. The van der Waals surface area contributed by atoms with Gasteiger partial charge in [0.25, 0.3) is 0 Å². The van der Waals surface area contributed by atoms with Crippen LogP contribution in [-0.2, 0) is 6.54 Å². The lowest BCUT2D eigenvalue weighted by molar-refractivity contribution is 0.137. The topological polar surface area (TPSA) is 67.2 Å². The van der Waals surface area contributed by atoms with Crippen molar-refractivity contribution in [3.05, 3.63) is 53.0 Å². The summed E-state index contributed by atoms with van der Waals surface area (Å²) in [4.78, 5) is 2.53. The third kappa shape index (κ3) is 3.49. The molecule has 1 atom stereocenters. The van der Waals surface area contributed by atoms with E-state index in [1.165, 1.54) is 18.4 Å². The lowest BCUT2D eigenvalue weighted by Gasteiger charge is -2.35. The number of ether oxygens (including phenoxy) is 1. The summed E-state index contributed by atoms with van der Waals surface area (Å²) < 4.78 is 10.9. The zero-order chi connectivity index (χ0) is 18.8. The molecule has 0 spiro atoms. The summed E-state index contributed by atoms with van der Waals surface area (Å²) in [6.45, 7) is 6.00. The molecule has 1 fully saturated rings. The van der Waals surface area contributed by atoms with Crippen LogP contribution in [0.4, 0.5) is 0 Å². The van der Waals surface area contributed by atoms with Crippen LogP contribution in [0, 0.1) is 13.8 Å². The van der Waals surface area contributed by atoms with Gasteiger partial charge in [-0.05, 0) is 50.9 Å². The molecule has 0 bridgehead atoms. The molecule has 1 aliphatic rings. The number of hydrogen-bond donors (Lipinski definition) is 1. The van der Waals surface area contributed by atoms with E-state index in [4.69, 9.17) is 9.26 Å². The molecule has 27 heavy (non-hydrogen) atoms. The number of nitrogens with zero attached hydrogens (tertiary/aromatic N) is 3. The number of aromatic nitrogens is 3. The van der Waals surface area contributed by atoms with Crippen LogP contribution < -0.4 is 4.74 Å². The SMILES string of the molecule is COc1ccc(CN2CCCCC2c2[nH]ncc2-c2onc(C)c2C)cc1. The van der Waals surface area contributed by atoms with Gasteiger partial charge in [-0.2, -0.15) is 5.10 Å². The Hall–Kier alpha value is -2.60. The van der Waals surface area contributed by atoms with Gasteiger partial charge in [0.15, 0.2) is 5.76 Å². The van der Waals surface area contributed by atoms with Crippen molar-refractivity contribution in [1.29, 1.82) is 0 Å².